The molecule has 0 aromatic carbocycles. The van der Waals surface area contributed by atoms with Gasteiger partial charge in [-0.05, 0) is 25.3 Å². The highest BCUT2D eigenvalue weighted by Crippen LogP contribution is 2.20. The third-order valence-corrected chi connectivity index (χ3v) is 2.90. The summed E-state index contributed by atoms with van der Waals surface area (Å²) in [6, 6.07) is 0.502. The molecule has 3 heteroatoms. The lowest BCUT2D eigenvalue weighted by Gasteiger charge is -2.26. The van der Waals surface area contributed by atoms with E-state index in [0.717, 1.165) is 18.8 Å². The van der Waals surface area contributed by atoms with E-state index in [2.05, 4.69) is 18.7 Å². The Labute approximate surface area is 80.8 Å². The van der Waals surface area contributed by atoms with E-state index in [4.69, 9.17) is 11.1 Å². The number of nitrogens with zero attached hydrogens (tertiary/aromatic N) is 1. The Hall–Kier alpha value is -0.570. The molecule has 13 heavy (non-hydrogen) atoms. The SMILES string of the molecule is CCC(CC(=N)N)N1CCC(C)C1. The van der Waals surface area contributed by atoms with Crippen molar-refractivity contribution < 1.29 is 0 Å². The highest BCUT2D eigenvalue weighted by atomic mass is 15.2. The normalized spacial score (nSPS) is 26.2. The van der Waals surface area contributed by atoms with Crippen LogP contribution >= 0.6 is 0 Å². The summed E-state index contributed by atoms with van der Waals surface area (Å²) in [4.78, 5) is 2.48. The molecule has 3 N–H and O–H groups in total. The molecule has 1 rings (SSSR count). The van der Waals surface area contributed by atoms with E-state index >= 15 is 0 Å². The van der Waals surface area contributed by atoms with Gasteiger partial charge in [0.05, 0.1) is 5.84 Å². The van der Waals surface area contributed by atoms with Gasteiger partial charge in [-0.1, -0.05) is 13.8 Å². The Morgan fingerprint density at radius 1 is 1.69 bits per heavy atom. The summed E-state index contributed by atoms with van der Waals surface area (Å²) in [5.74, 6) is 1.15. The van der Waals surface area contributed by atoms with Gasteiger partial charge in [-0.2, -0.15) is 0 Å². The summed E-state index contributed by atoms with van der Waals surface area (Å²) in [7, 11) is 0. The number of hydrogen-bond acceptors (Lipinski definition) is 2. The van der Waals surface area contributed by atoms with E-state index in [0.29, 0.717) is 11.9 Å². The van der Waals surface area contributed by atoms with Crippen LogP contribution in [0.5, 0.6) is 0 Å². The fourth-order valence-electron chi connectivity index (χ4n) is 2.09. The molecule has 76 valence electrons. The minimum atomic E-state index is 0.325. The molecule has 2 atom stereocenters. The summed E-state index contributed by atoms with van der Waals surface area (Å²) in [5.41, 5.74) is 5.43. The molecule has 0 aromatic rings. The molecule has 0 saturated carbocycles. The predicted molar refractivity (Wildman–Crippen MR) is 56.0 cm³/mol. The zero-order chi connectivity index (χ0) is 9.84. The van der Waals surface area contributed by atoms with Crippen LogP contribution in [0.2, 0.25) is 0 Å². The second kappa shape index (κ2) is 4.61. The molecule has 1 fully saturated rings. The molecule has 1 heterocycles. The summed E-state index contributed by atoms with van der Waals surface area (Å²) >= 11 is 0. The van der Waals surface area contributed by atoms with Crippen molar-refractivity contribution in [3.63, 3.8) is 0 Å². The second-order valence-electron chi connectivity index (χ2n) is 4.18. The Balaban J connectivity index is 2.42. The van der Waals surface area contributed by atoms with Crippen LogP contribution in [0.15, 0.2) is 0 Å². The summed E-state index contributed by atoms with van der Waals surface area (Å²) in [6.07, 6.45) is 3.14. The maximum atomic E-state index is 7.29. The third-order valence-electron chi connectivity index (χ3n) is 2.90. The molecule has 0 aliphatic carbocycles. The Bertz CT molecular complexity index is 179. The van der Waals surface area contributed by atoms with Crippen LogP contribution in [-0.2, 0) is 0 Å². The van der Waals surface area contributed by atoms with Crippen molar-refractivity contribution in [3.8, 4) is 0 Å². The number of likely N-dealkylation sites (tertiary alicyclic amines) is 1. The molecular weight excluding hydrogens is 162 g/mol. The first-order chi connectivity index (χ1) is 6.13. The van der Waals surface area contributed by atoms with Crippen molar-refractivity contribution in [3.05, 3.63) is 0 Å². The first-order valence-electron chi connectivity index (χ1n) is 5.20. The van der Waals surface area contributed by atoms with Gasteiger partial charge in [0.15, 0.2) is 0 Å². The number of amidine groups is 1. The van der Waals surface area contributed by atoms with Crippen LogP contribution in [0.3, 0.4) is 0 Å². The summed E-state index contributed by atoms with van der Waals surface area (Å²) < 4.78 is 0. The maximum absolute atomic E-state index is 7.29. The Kier molecular flexibility index (Phi) is 3.72. The molecule has 0 amide bonds. The van der Waals surface area contributed by atoms with Crippen LogP contribution in [0.1, 0.15) is 33.1 Å². The number of nitrogens with two attached hydrogens (primary N) is 1. The lowest BCUT2D eigenvalue weighted by molar-refractivity contribution is 0.234. The van der Waals surface area contributed by atoms with Crippen molar-refractivity contribution in [2.24, 2.45) is 11.7 Å². The monoisotopic (exact) mass is 183 g/mol. The van der Waals surface area contributed by atoms with Gasteiger partial charge in [0.1, 0.15) is 0 Å². The molecule has 0 radical (unpaired) electrons. The van der Waals surface area contributed by atoms with Gasteiger partial charge in [-0.3, -0.25) is 10.3 Å². The van der Waals surface area contributed by atoms with E-state index in [1.807, 2.05) is 0 Å². The van der Waals surface area contributed by atoms with Crippen molar-refractivity contribution in [1.29, 1.82) is 5.41 Å². The minimum absolute atomic E-state index is 0.325. The van der Waals surface area contributed by atoms with E-state index in [-0.39, 0.29) is 0 Å². The van der Waals surface area contributed by atoms with Crippen molar-refractivity contribution in [2.75, 3.05) is 13.1 Å². The average Bonchev–Trinajstić information content (AvgIpc) is 2.47. The van der Waals surface area contributed by atoms with Crippen molar-refractivity contribution in [1.82, 2.24) is 4.90 Å². The second-order valence-corrected chi connectivity index (χ2v) is 4.18. The zero-order valence-corrected chi connectivity index (χ0v) is 8.71. The number of nitrogens with one attached hydrogen (secondary N) is 1. The summed E-state index contributed by atoms with van der Waals surface area (Å²) in [5, 5.41) is 7.29. The molecule has 0 spiro atoms. The largest absolute Gasteiger partial charge is 0.388 e. The molecule has 1 aliphatic heterocycles. The average molecular weight is 183 g/mol. The fraction of sp³-hybridized carbons (Fsp3) is 0.900. The standard InChI is InChI=1S/C10H21N3/c1-3-9(6-10(11)12)13-5-4-8(2)7-13/h8-9H,3-7H2,1-2H3,(H3,11,12). The quantitative estimate of drug-likeness (QED) is 0.512. The number of rotatable bonds is 4. The van der Waals surface area contributed by atoms with Gasteiger partial charge in [0.2, 0.25) is 0 Å². The van der Waals surface area contributed by atoms with Crippen LogP contribution in [0.25, 0.3) is 0 Å². The van der Waals surface area contributed by atoms with E-state index < -0.39 is 0 Å². The van der Waals surface area contributed by atoms with Crippen LogP contribution in [0.4, 0.5) is 0 Å². The molecule has 2 unspecified atom stereocenters. The van der Waals surface area contributed by atoms with Gasteiger partial charge < -0.3 is 5.73 Å². The first kappa shape index (κ1) is 10.5. The van der Waals surface area contributed by atoms with Gasteiger partial charge in [-0.15, -0.1) is 0 Å². The lowest BCUT2D eigenvalue weighted by atomic mass is 10.1. The zero-order valence-electron chi connectivity index (χ0n) is 8.71. The van der Waals surface area contributed by atoms with Crippen LogP contribution < -0.4 is 5.73 Å². The molecule has 1 aliphatic rings. The van der Waals surface area contributed by atoms with Gasteiger partial charge in [0, 0.05) is 19.0 Å². The Morgan fingerprint density at radius 3 is 2.77 bits per heavy atom. The lowest BCUT2D eigenvalue weighted by Crippen LogP contribution is -2.36. The van der Waals surface area contributed by atoms with Gasteiger partial charge in [0.25, 0.3) is 0 Å². The summed E-state index contributed by atoms with van der Waals surface area (Å²) in [6.45, 7) is 6.84. The highest BCUT2D eigenvalue weighted by Gasteiger charge is 2.24. The Morgan fingerprint density at radius 2 is 2.38 bits per heavy atom. The van der Waals surface area contributed by atoms with E-state index in [1.165, 1.54) is 19.5 Å². The minimum Gasteiger partial charge on any atom is -0.388 e. The molecule has 0 bridgehead atoms. The van der Waals surface area contributed by atoms with Crippen LogP contribution in [0, 0.1) is 11.3 Å². The maximum Gasteiger partial charge on any atom is 0.0921 e. The van der Waals surface area contributed by atoms with E-state index in [9.17, 15) is 0 Å². The molecule has 1 saturated heterocycles. The third kappa shape index (κ3) is 2.99. The molecule has 3 nitrogen and oxygen atoms in total. The van der Waals surface area contributed by atoms with Crippen molar-refractivity contribution >= 4 is 5.84 Å². The predicted octanol–water partition coefficient (Wildman–Crippen LogP) is 1.43. The van der Waals surface area contributed by atoms with Gasteiger partial charge >= 0.3 is 0 Å². The fourth-order valence-corrected chi connectivity index (χ4v) is 2.09. The van der Waals surface area contributed by atoms with Crippen LogP contribution in [-0.4, -0.2) is 29.9 Å². The van der Waals surface area contributed by atoms with Gasteiger partial charge in [-0.25, -0.2) is 0 Å². The smallest absolute Gasteiger partial charge is 0.0921 e. The first-order valence-corrected chi connectivity index (χ1v) is 5.20. The van der Waals surface area contributed by atoms with E-state index in [1.54, 1.807) is 0 Å². The highest BCUT2D eigenvalue weighted by molar-refractivity contribution is 5.77. The topological polar surface area (TPSA) is 53.1 Å². The molecule has 0 aromatic heterocycles. The molecular formula is C10H21N3. The number of hydrogen-bond donors (Lipinski definition) is 2. The van der Waals surface area contributed by atoms with Crippen molar-refractivity contribution in [2.45, 2.75) is 39.2 Å².